The van der Waals surface area contributed by atoms with Crippen molar-refractivity contribution in [2.45, 2.75) is 24.7 Å². The van der Waals surface area contributed by atoms with E-state index in [2.05, 4.69) is 10.3 Å². The zero-order valence-electron chi connectivity index (χ0n) is 15.4. The second-order valence-corrected chi connectivity index (χ2v) is 8.39. The average molecular weight is 403 g/mol. The number of aryl methyl sites for hydroxylation is 1. The van der Waals surface area contributed by atoms with E-state index >= 15 is 0 Å². The third-order valence-corrected chi connectivity index (χ3v) is 6.20. The molecule has 28 heavy (non-hydrogen) atoms. The first-order valence-electron chi connectivity index (χ1n) is 8.86. The molecule has 1 fully saturated rings. The lowest BCUT2D eigenvalue weighted by molar-refractivity contribution is -0.119. The molecule has 2 aromatic rings. The van der Waals surface area contributed by atoms with Crippen molar-refractivity contribution in [3.63, 3.8) is 0 Å². The van der Waals surface area contributed by atoms with Crippen LogP contribution in [-0.2, 0) is 19.6 Å². The van der Waals surface area contributed by atoms with Crippen molar-refractivity contribution in [1.29, 1.82) is 0 Å². The fraction of sp³-hybridized carbons (Fsp3) is 0.316. The van der Waals surface area contributed by atoms with Crippen molar-refractivity contribution in [2.24, 2.45) is 0 Å². The van der Waals surface area contributed by atoms with Crippen LogP contribution in [0.25, 0.3) is 0 Å². The maximum Gasteiger partial charge on any atom is 0.340 e. The largest absolute Gasteiger partial charge is 0.452 e. The average Bonchev–Trinajstić information content (AvgIpc) is 3.22. The van der Waals surface area contributed by atoms with Crippen molar-refractivity contribution in [2.75, 3.05) is 25.0 Å². The van der Waals surface area contributed by atoms with Crippen LogP contribution < -0.4 is 5.32 Å². The van der Waals surface area contributed by atoms with Crippen molar-refractivity contribution in [1.82, 2.24) is 9.29 Å². The topological polar surface area (TPSA) is 106 Å². The summed E-state index contributed by atoms with van der Waals surface area (Å²) < 4.78 is 31.6. The van der Waals surface area contributed by atoms with Crippen molar-refractivity contribution >= 4 is 27.6 Å². The molecule has 1 amide bonds. The van der Waals surface area contributed by atoms with E-state index in [1.54, 1.807) is 31.2 Å². The van der Waals surface area contributed by atoms with Gasteiger partial charge in [-0.05, 0) is 50.1 Å². The Morgan fingerprint density at radius 1 is 1.18 bits per heavy atom. The Bertz CT molecular complexity index is 967. The quantitative estimate of drug-likeness (QED) is 0.739. The molecule has 148 valence electrons. The summed E-state index contributed by atoms with van der Waals surface area (Å²) in [7, 11) is -3.57. The fourth-order valence-corrected chi connectivity index (χ4v) is 4.38. The second-order valence-electron chi connectivity index (χ2n) is 6.45. The normalized spacial score (nSPS) is 14.6. The number of benzene rings is 1. The Kier molecular flexibility index (Phi) is 6.05. The molecule has 1 aromatic carbocycles. The molecule has 0 saturated carbocycles. The van der Waals surface area contributed by atoms with Crippen molar-refractivity contribution < 1.29 is 22.7 Å². The molecule has 1 aliphatic heterocycles. The van der Waals surface area contributed by atoms with Gasteiger partial charge in [0.05, 0.1) is 10.5 Å². The summed E-state index contributed by atoms with van der Waals surface area (Å²) in [6.45, 7) is 2.31. The summed E-state index contributed by atoms with van der Waals surface area (Å²) in [5, 5.41) is 2.55. The van der Waals surface area contributed by atoms with Crippen LogP contribution in [0.3, 0.4) is 0 Å². The number of sulfonamides is 1. The number of pyridine rings is 1. The Labute approximate surface area is 163 Å². The monoisotopic (exact) mass is 403 g/mol. The summed E-state index contributed by atoms with van der Waals surface area (Å²) >= 11 is 0. The highest BCUT2D eigenvalue weighted by molar-refractivity contribution is 7.89. The van der Waals surface area contributed by atoms with Crippen molar-refractivity contribution in [3.8, 4) is 0 Å². The number of nitrogens with one attached hydrogen (secondary N) is 1. The molecule has 0 spiro atoms. The van der Waals surface area contributed by atoms with Crippen LogP contribution in [-0.4, -0.2) is 49.3 Å². The molecule has 1 aliphatic rings. The van der Waals surface area contributed by atoms with Gasteiger partial charge in [-0.15, -0.1) is 0 Å². The van der Waals surface area contributed by atoms with Crippen molar-refractivity contribution in [3.05, 3.63) is 53.9 Å². The van der Waals surface area contributed by atoms with Gasteiger partial charge in [0.25, 0.3) is 5.91 Å². The van der Waals surface area contributed by atoms with Crippen LogP contribution in [0.4, 0.5) is 5.69 Å². The summed E-state index contributed by atoms with van der Waals surface area (Å²) in [5.74, 6) is -1.22. The van der Waals surface area contributed by atoms with Crippen LogP contribution in [0, 0.1) is 6.92 Å². The SMILES string of the molecule is Cc1ccc(C(=O)OCC(=O)Nc2cccc(S(=O)(=O)N3CCCC3)c2)cn1. The van der Waals surface area contributed by atoms with Crippen LogP contribution in [0.2, 0.25) is 0 Å². The summed E-state index contributed by atoms with van der Waals surface area (Å²) in [6.07, 6.45) is 3.07. The number of aromatic nitrogens is 1. The predicted molar refractivity (Wildman–Crippen MR) is 102 cm³/mol. The van der Waals surface area contributed by atoms with Gasteiger partial charge in [0.2, 0.25) is 10.0 Å². The van der Waals surface area contributed by atoms with Gasteiger partial charge in [-0.3, -0.25) is 9.78 Å². The summed E-state index contributed by atoms with van der Waals surface area (Å²) in [5.41, 5.74) is 1.33. The number of hydrogen-bond acceptors (Lipinski definition) is 6. The Morgan fingerprint density at radius 2 is 1.93 bits per heavy atom. The number of amides is 1. The van der Waals surface area contributed by atoms with E-state index in [4.69, 9.17) is 4.74 Å². The van der Waals surface area contributed by atoms with Gasteiger partial charge in [-0.1, -0.05) is 6.07 Å². The molecule has 0 unspecified atom stereocenters. The minimum Gasteiger partial charge on any atom is -0.452 e. The number of hydrogen-bond donors (Lipinski definition) is 1. The first kappa shape index (κ1) is 20.0. The standard InChI is InChI=1S/C19H21N3O5S/c1-14-7-8-15(12-20-14)19(24)27-13-18(23)21-16-5-4-6-17(11-16)28(25,26)22-9-2-3-10-22/h4-8,11-12H,2-3,9-10,13H2,1H3,(H,21,23). The van der Waals surface area contributed by atoms with Crippen LogP contribution in [0.5, 0.6) is 0 Å². The number of anilines is 1. The van der Waals surface area contributed by atoms with Gasteiger partial charge in [0, 0.05) is 30.7 Å². The number of carbonyl (C=O) groups is 2. The second kappa shape index (κ2) is 8.49. The number of rotatable bonds is 6. The van der Waals surface area contributed by atoms with E-state index in [1.807, 2.05) is 0 Å². The van der Waals surface area contributed by atoms with Crippen LogP contribution in [0.1, 0.15) is 28.9 Å². The van der Waals surface area contributed by atoms with Gasteiger partial charge in [-0.2, -0.15) is 4.31 Å². The zero-order valence-corrected chi connectivity index (χ0v) is 16.2. The third-order valence-electron chi connectivity index (χ3n) is 4.30. The van der Waals surface area contributed by atoms with E-state index in [0.29, 0.717) is 18.8 Å². The maximum atomic E-state index is 12.6. The van der Waals surface area contributed by atoms with E-state index in [-0.39, 0.29) is 10.5 Å². The van der Waals surface area contributed by atoms with E-state index < -0.39 is 28.5 Å². The minimum absolute atomic E-state index is 0.120. The van der Waals surface area contributed by atoms with Crippen LogP contribution >= 0.6 is 0 Å². The molecule has 1 N–H and O–H groups in total. The molecular weight excluding hydrogens is 382 g/mol. The predicted octanol–water partition coefficient (Wildman–Crippen LogP) is 1.97. The Morgan fingerprint density at radius 3 is 2.61 bits per heavy atom. The number of esters is 1. The highest BCUT2D eigenvalue weighted by atomic mass is 32.2. The molecule has 0 aliphatic carbocycles. The van der Waals surface area contributed by atoms with Gasteiger partial charge in [0.15, 0.2) is 6.61 Å². The Balaban J connectivity index is 1.60. The minimum atomic E-state index is -3.57. The lowest BCUT2D eigenvalue weighted by Crippen LogP contribution is -2.28. The lowest BCUT2D eigenvalue weighted by Gasteiger charge is -2.16. The summed E-state index contributed by atoms with van der Waals surface area (Å²) in [4.78, 5) is 28.1. The molecule has 8 nitrogen and oxygen atoms in total. The third kappa shape index (κ3) is 4.73. The number of ether oxygens (including phenoxy) is 1. The first-order chi connectivity index (χ1) is 13.4. The Hall–Kier alpha value is -2.78. The highest BCUT2D eigenvalue weighted by Gasteiger charge is 2.27. The molecule has 0 atom stereocenters. The highest BCUT2D eigenvalue weighted by Crippen LogP contribution is 2.23. The zero-order chi connectivity index (χ0) is 20.1. The molecule has 0 radical (unpaired) electrons. The first-order valence-corrected chi connectivity index (χ1v) is 10.3. The molecule has 1 saturated heterocycles. The van der Waals surface area contributed by atoms with Gasteiger partial charge in [-0.25, -0.2) is 13.2 Å². The molecule has 0 bridgehead atoms. The smallest absolute Gasteiger partial charge is 0.340 e. The molecule has 3 rings (SSSR count). The van der Waals surface area contributed by atoms with E-state index in [0.717, 1.165) is 18.5 Å². The molecule has 2 heterocycles. The fourth-order valence-electron chi connectivity index (χ4n) is 2.81. The molecule has 9 heteroatoms. The van der Waals surface area contributed by atoms with Gasteiger partial charge >= 0.3 is 5.97 Å². The van der Waals surface area contributed by atoms with E-state index in [1.165, 1.54) is 22.6 Å². The number of carbonyl (C=O) groups excluding carboxylic acids is 2. The van der Waals surface area contributed by atoms with Crippen LogP contribution in [0.15, 0.2) is 47.5 Å². The molecule has 1 aromatic heterocycles. The van der Waals surface area contributed by atoms with Gasteiger partial charge in [0.1, 0.15) is 0 Å². The lowest BCUT2D eigenvalue weighted by atomic mass is 10.2. The summed E-state index contributed by atoms with van der Waals surface area (Å²) in [6, 6.07) is 9.26. The number of nitrogens with zero attached hydrogens (tertiary/aromatic N) is 2. The van der Waals surface area contributed by atoms with Gasteiger partial charge < -0.3 is 10.1 Å². The maximum absolute atomic E-state index is 12.6. The van der Waals surface area contributed by atoms with E-state index in [9.17, 15) is 18.0 Å². The molecular formula is C19H21N3O5S.